The molecule has 2 amide bonds. The summed E-state index contributed by atoms with van der Waals surface area (Å²) in [5, 5.41) is 26.2. The molecule has 9 nitrogen and oxygen atoms in total. The van der Waals surface area contributed by atoms with E-state index in [1.54, 1.807) is 26.0 Å². The number of rotatable bonds is 8. The number of benzene rings is 1. The molecule has 204 valence electrons. The molecule has 10 heteroatoms. The molecule has 0 saturated heterocycles. The van der Waals surface area contributed by atoms with Gasteiger partial charge < -0.3 is 26.2 Å². The first-order valence-electron chi connectivity index (χ1n) is 13.2. The number of H-pyrrole nitrogens is 1. The van der Waals surface area contributed by atoms with Crippen LogP contribution in [0.2, 0.25) is 0 Å². The van der Waals surface area contributed by atoms with Gasteiger partial charge in [-0.2, -0.15) is 0 Å². The van der Waals surface area contributed by atoms with E-state index in [0.717, 1.165) is 29.1 Å². The number of aromatic hydroxyl groups is 1. The molecular formula is C28H35FN4O5. The van der Waals surface area contributed by atoms with E-state index in [0.29, 0.717) is 24.1 Å². The van der Waals surface area contributed by atoms with Gasteiger partial charge in [0.25, 0.3) is 11.5 Å². The fraction of sp³-hybridized carbons (Fsp3) is 0.536. The fourth-order valence-electron chi connectivity index (χ4n) is 6.49. The Hall–Kier alpha value is -3.24. The molecule has 0 aliphatic heterocycles. The van der Waals surface area contributed by atoms with Gasteiger partial charge in [0.2, 0.25) is 5.91 Å². The number of fused-ring (bicyclic) bond motifs is 3. The van der Waals surface area contributed by atoms with Crippen molar-refractivity contribution in [3.63, 3.8) is 0 Å². The summed E-state index contributed by atoms with van der Waals surface area (Å²) in [4.78, 5) is 39.9. The van der Waals surface area contributed by atoms with E-state index in [2.05, 4.69) is 10.3 Å². The molecule has 2 aromatic rings. The lowest BCUT2D eigenvalue weighted by Crippen LogP contribution is -2.65. The largest absolute Gasteiger partial charge is 0.508 e. The Morgan fingerprint density at radius 2 is 1.97 bits per heavy atom. The maximum atomic E-state index is 15.6. The molecule has 3 aliphatic carbocycles. The van der Waals surface area contributed by atoms with Crippen molar-refractivity contribution < 1.29 is 24.3 Å². The van der Waals surface area contributed by atoms with Crippen LogP contribution in [0.25, 0.3) is 0 Å². The van der Waals surface area contributed by atoms with Gasteiger partial charge in [-0.3, -0.25) is 14.4 Å². The highest BCUT2D eigenvalue weighted by molar-refractivity contribution is 5.94. The van der Waals surface area contributed by atoms with Gasteiger partial charge in [-0.25, -0.2) is 0 Å². The van der Waals surface area contributed by atoms with Crippen LogP contribution in [0.5, 0.6) is 5.75 Å². The number of hydrogen-bond donors (Lipinski definition) is 5. The number of phenols is 1. The van der Waals surface area contributed by atoms with Crippen LogP contribution in [-0.2, 0) is 29.5 Å². The number of carbonyl (C=O) groups excluding carboxylic acids is 2. The standard InChI is InChI=1S/C28H35FN4O5/c1-15(9-24(30)35)31-25(36)21-10-19-12-28(38,16(2)33(29)14-17-3-4-17)27(13-23(19)32-26(21)37)8-7-18-5-6-20(34)11-22(18)27/h5-6,10-11,15-17,34,38H,3-4,7-9,12-14H2,1-2H3,(H2,30,35)(H,31,36)(H,32,37). The Balaban J connectivity index is 1.56. The van der Waals surface area contributed by atoms with Crippen LogP contribution in [0, 0.1) is 5.92 Å². The van der Waals surface area contributed by atoms with Crippen LogP contribution in [0.4, 0.5) is 4.48 Å². The lowest BCUT2D eigenvalue weighted by molar-refractivity contribution is -0.158. The number of halogens is 1. The molecule has 6 N–H and O–H groups in total. The van der Waals surface area contributed by atoms with Crippen molar-refractivity contribution in [2.45, 2.75) is 81.9 Å². The summed E-state index contributed by atoms with van der Waals surface area (Å²) in [5.74, 6) is -0.902. The third-order valence-electron chi connectivity index (χ3n) is 8.78. The highest BCUT2D eigenvalue weighted by Crippen LogP contribution is 2.55. The molecular weight excluding hydrogens is 491 g/mol. The van der Waals surface area contributed by atoms with E-state index in [-0.39, 0.29) is 43.0 Å². The van der Waals surface area contributed by atoms with Crippen molar-refractivity contribution in [2.75, 3.05) is 6.54 Å². The Morgan fingerprint density at radius 1 is 1.24 bits per heavy atom. The first-order chi connectivity index (χ1) is 17.9. The monoisotopic (exact) mass is 526 g/mol. The zero-order valence-corrected chi connectivity index (χ0v) is 21.7. The summed E-state index contributed by atoms with van der Waals surface area (Å²) in [6.45, 7) is 3.53. The molecule has 1 fully saturated rings. The smallest absolute Gasteiger partial charge is 0.261 e. The summed E-state index contributed by atoms with van der Waals surface area (Å²) < 4.78 is 15.6. The quantitative estimate of drug-likeness (QED) is 0.331. The Labute approximate surface area is 220 Å². The molecule has 3 aliphatic rings. The molecule has 0 radical (unpaired) electrons. The predicted octanol–water partition coefficient (Wildman–Crippen LogP) is 1.77. The molecule has 1 aromatic heterocycles. The first-order valence-corrected chi connectivity index (χ1v) is 13.2. The fourth-order valence-corrected chi connectivity index (χ4v) is 6.49. The maximum Gasteiger partial charge on any atom is 0.261 e. The highest BCUT2D eigenvalue weighted by atomic mass is 19.2. The van der Waals surface area contributed by atoms with Crippen molar-refractivity contribution in [3.8, 4) is 5.75 Å². The second kappa shape index (κ2) is 9.50. The number of phenolic OH excluding ortho intramolecular Hbond substituents is 1. The molecule has 1 spiro atoms. The number of aliphatic hydroxyl groups is 1. The van der Waals surface area contributed by atoms with Crippen LogP contribution >= 0.6 is 0 Å². The van der Waals surface area contributed by atoms with Gasteiger partial charge in [0.15, 0.2) is 0 Å². The van der Waals surface area contributed by atoms with Crippen molar-refractivity contribution in [1.82, 2.24) is 15.4 Å². The zero-order valence-electron chi connectivity index (χ0n) is 21.7. The molecule has 1 heterocycles. The second-order valence-electron chi connectivity index (χ2n) is 11.5. The van der Waals surface area contributed by atoms with Crippen LogP contribution in [0.15, 0.2) is 29.1 Å². The van der Waals surface area contributed by atoms with E-state index in [4.69, 9.17) is 5.73 Å². The Bertz CT molecular complexity index is 1340. The molecule has 4 atom stereocenters. The van der Waals surface area contributed by atoms with Gasteiger partial charge in [-0.05, 0) is 80.3 Å². The van der Waals surface area contributed by atoms with Crippen LogP contribution < -0.4 is 16.6 Å². The number of aryl methyl sites for hydroxylation is 1. The summed E-state index contributed by atoms with van der Waals surface area (Å²) in [6, 6.07) is 5.10. The van der Waals surface area contributed by atoms with Crippen molar-refractivity contribution in [1.29, 1.82) is 0 Å². The lowest BCUT2D eigenvalue weighted by Gasteiger charge is -2.53. The second-order valence-corrected chi connectivity index (χ2v) is 11.5. The minimum Gasteiger partial charge on any atom is -0.508 e. The SMILES string of the molecule is CC(CC(N)=O)NC(=O)c1cc2c([nH]c1=O)CC1(CCc3ccc(O)cc31)C(O)(C(C)N(F)CC1CC1)C2. The van der Waals surface area contributed by atoms with Gasteiger partial charge in [0, 0.05) is 43.0 Å². The Kier molecular flexibility index (Phi) is 6.59. The number of nitrogens with one attached hydrogen (secondary N) is 2. The van der Waals surface area contributed by atoms with E-state index in [1.807, 2.05) is 6.07 Å². The Morgan fingerprint density at radius 3 is 2.66 bits per heavy atom. The molecule has 5 rings (SSSR count). The minimum atomic E-state index is -1.59. The molecule has 1 saturated carbocycles. The normalized spacial score (nSPS) is 25.6. The third kappa shape index (κ3) is 4.49. The van der Waals surface area contributed by atoms with Gasteiger partial charge in [0.1, 0.15) is 11.3 Å². The van der Waals surface area contributed by atoms with Gasteiger partial charge in [-0.1, -0.05) is 6.07 Å². The summed E-state index contributed by atoms with van der Waals surface area (Å²) >= 11 is 0. The number of nitrogens with two attached hydrogens (primary N) is 1. The topological polar surface area (TPSA) is 149 Å². The maximum absolute atomic E-state index is 15.6. The number of amides is 2. The third-order valence-corrected chi connectivity index (χ3v) is 8.78. The van der Waals surface area contributed by atoms with Crippen molar-refractivity contribution >= 4 is 11.8 Å². The number of nitrogens with zero attached hydrogens (tertiary/aromatic N) is 1. The average molecular weight is 527 g/mol. The summed E-state index contributed by atoms with van der Waals surface area (Å²) in [5.41, 5.74) is 4.83. The number of primary amides is 1. The number of carbonyl (C=O) groups is 2. The number of aromatic amines is 1. The molecule has 38 heavy (non-hydrogen) atoms. The van der Waals surface area contributed by atoms with Crippen molar-refractivity contribution in [3.05, 3.63) is 62.6 Å². The van der Waals surface area contributed by atoms with Gasteiger partial charge in [-0.15, -0.1) is 9.60 Å². The zero-order chi connectivity index (χ0) is 27.4. The molecule has 4 unspecified atom stereocenters. The first kappa shape index (κ1) is 26.4. The molecule has 1 aromatic carbocycles. The van der Waals surface area contributed by atoms with E-state index in [9.17, 15) is 24.6 Å². The minimum absolute atomic E-state index is 0.0115. The lowest BCUT2D eigenvalue weighted by atomic mass is 9.57. The van der Waals surface area contributed by atoms with E-state index in [1.165, 1.54) is 6.07 Å². The number of aromatic nitrogens is 1. The van der Waals surface area contributed by atoms with Crippen LogP contribution in [-0.4, -0.2) is 56.4 Å². The summed E-state index contributed by atoms with van der Waals surface area (Å²) in [7, 11) is 0. The van der Waals surface area contributed by atoms with Gasteiger partial charge in [0.05, 0.1) is 11.6 Å². The van der Waals surface area contributed by atoms with E-state index >= 15 is 4.48 Å². The molecule has 0 bridgehead atoms. The predicted molar refractivity (Wildman–Crippen MR) is 138 cm³/mol. The summed E-state index contributed by atoms with van der Waals surface area (Å²) in [6.07, 6.45) is 3.27. The highest BCUT2D eigenvalue weighted by Gasteiger charge is 2.61. The van der Waals surface area contributed by atoms with Crippen LogP contribution in [0.1, 0.15) is 72.3 Å². The van der Waals surface area contributed by atoms with E-state index < -0.39 is 40.5 Å². The van der Waals surface area contributed by atoms with Gasteiger partial charge >= 0.3 is 0 Å². The average Bonchev–Trinajstić information content (AvgIpc) is 3.59. The van der Waals surface area contributed by atoms with Crippen molar-refractivity contribution in [2.24, 2.45) is 11.7 Å². The number of hydrogen-bond acceptors (Lipinski definition) is 6. The number of pyridine rings is 1. The van der Waals surface area contributed by atoms with Crippen LogP contribution in [0.3, 0.4) is 0 Å².